The maximum Gasteiger partial charge on any atom is 0.251 e. The summed E-state index contributed by atoms with van der Waals surface area (Å²) >= 11 is 0. The Morgan fingerprint density at radius 1 is 1.33 bits per heavy atom. The molecule has 0 aromatic heterocycles. The van der Waals surface area contributed by atoms with Crippen LogP contribution in [0.25, 0.3) is 0 Å². The third kappa shape index (κ3) is 4.31. The summed E-state index contributed by atoms with van der Waals surface area (Å²) in [4.78, 5) is 23.9. The number of carbonyl (C=O) groups is 2. The van der Waals surface area contributed by atoms with Crippen LogP contribution in [0.2, 0.25) is 0 Å². The molecule has 2 heterocycles. The molecule has 3 rings (SSSR count). The predicted molar refractivity (Wildman–Crippen MR) is 101 cm³/mol. The van der Waals surface area contributed by atoms with E-state index < -0.39 is 10.0 Å². The lowest BCUT2D eigenvalue weighted by molar-refractivity contribution is -0.121. The van der Waals surface area contributed by atoms with E-state index >= 15 is 0 Å². The first-order valence-electron chi connectivity index (χ1n) is 9.33. The number of nitrogens with one attached hydrogen (secondary N) is 2. The number of carbonyl (C=O) groups excluding carboxylic acids is 2. The SMILES string of the molecule is NCCC(=O)NCC1CCCCN1S(=O)(=O)c1ccc2c(c1)C(=O)NCC2. The summed E-state index contributed by atoms with van der Waals surface area (Å²) in [5, 5.41) is 5.52. The largest absolute Gasteiger partial charge is 0.354 e. The first-order chi connectivity index (χ1) is 12.9. The minimum Gasteiger partial charge on any atom is -0.354 e. The monoisotopic (exact) mass is 394 g/mol. The first-order valence-corrected chi connectivity index (χ1v) is 10.8. The van der Waals surface area contributed by atoms with Crippen molar-refractivity contribution in [2.75, 3.05) is 26.2 Å². The molecule has 27 heavy (non-hydrogen) atoms. The van der Waals surface area contributed by atoms with Gasteiger partial charge < -0.3 is 16.4 Å². The Bertz CT molecular complexity index is 825. The fourth-order valence-electron chi connectivity index (χ4n) is 3.63. The van der Waals surface area contributed by atoms with Gasteiger partial charge in [0.15, 0.2) is 0 Å². The van der Waals surface area contributed by atoms with E-state index in [1.165, 1.54) is 10.4 Å². The van der Waals surface area contributed by atoms with Crippen molar-refractivity contribution in [2.24, 2.45) is 5.73 Å². The predicted octanol–water partition coefficient (Wildman–Crippen LogP) is -0.0193. The van der Waals surface area contributed by atoms with Gasteiger partial charge in [-0.05, 0) is 37.0 Å². The van der Waals surface area contributed by atoms with Crippen LogP contribution < -0.4 is 16.4 Å². The van der Waals surface area contributed by atoms with Gasteiger partial charge in [-0.15, -0.1) is 0 Å². The highest BCUT2D eigenvalue weighted by molar-refractivity contribution is 7.89. The minimum atomic E-state index is -3.75. The van der Waals surface area contributed by atoms with E-state index in [1.807, 2.05) is 0 Å². The van der Waals surface area contributed by atoms with Crippen molar-refractivity contribution >= 4 is 21.8 Å². The van der Waals surface area contributed by atoms with E-state index in [9.17, 15) is 18.0 Å². The molecule has 1 saturated heterocycles. The second-order valence-corrected chi connectivity index (χ2v) is 8.82. The molecule has 148 valence electrons. The van der Waals surface area contributed by atoms with Crippen molar-refractivity contribution in [3.8, 4) is 0 Å². The van der Waals surface area contributed by atoms with Gasteiger partial charge in [0.05, 0.1) is 4.90 Å². The Morgan fingerprint density at radius 3 is 2.93 bits per heavy atom. The lowest BCUT2D eigenvalue weighted by Crippen LogP contribution is -2.49. The van der Waals surface area contributed by atoms with Gasteiger partial charge in [-0.1, -0.05) is 12.5 Å². The molecule has 8 nitrogen and oxygen atoms in total. The van der Waals surface area contributed by atoms with Gasteiger partial charge in [0, 0.05) is 44.2 Å². The maximum absolute atomic E-state index is 13.2. The summed E-state index contributed by atoms with van der Waals surface area (Å²) in [7, 11) is -3.75. The number of fused-ring (bicyclic) bond motifs is 1. The van der Waals surface area contributed by atoms with Gasteiger partial charge in [-0.3, -0.25) is 9.59 Å². The van der Waals surface area contributed by atoms with Gasteiger partial charge in [-0.2, -0.15) is 4.31 Å². The molecule has 1 aromatic carbocycles. The third-order valence-corrected chi connectivity index (χ3v) is 7.04. The molecule has 0 saturated carbocycles. The number of hydrogen-bond acceptors (Lipinski definition) is 5. The zero-order chi connectivity index (χ0) is 19.4. The summed E-state index contributed by atoms with van der Waals surface area (Å²) in [6.45, 7) is 1.50. The van der Waals surface area contributed by atoms with Gasteiger partial charge in [-0.25, -0.2) is 8.42 Å². The highest BCUT2D eigenvalue weighted by Crippen LogP contribution is 2.27. The highest BCUT2D eigenvalue weighted by Gasteiger charge is 2.34. The third-order valence-electron chi connectivity index (χ3n) is 5.09. The Kier molecular flexibility index (Phi) is 6.13. The molecular weight excluding hydrogens is 368 g/mol. The summed E-state index contributed by atoms with van der Waals surface area (Å²) < 4.78 is 27.9. The van der Waals surface area contributed by atoms with Crippen LogP contribution in [0.15, 0.2) is 23.1 Å². The van der Waals surface area contributed by atoms with Crippen molar-refractivity contribution in [1.82, 2.24) is 14.9 Å². The van der Waals surface area contributed by atoms with Gasteiger partial charge in [0.2, 0.25) is 15.9 Å². The number of hydrogen-bond donors (Lipinski definition) is 3. The average Bonchev–Trinajstić information content (AvgIpc) is 2.67. The molecule has 2 aliphatic rings. The van der Waals surface area contributed by atoms with Crippen molar-refractivity contribution in [2.45, 2.75) is 43.0 Å². The maximum atomic E-state index is 13.2. The lowest BCUT2D eigenvalue weighted by atomic mass is 10.0. The summed E-state index contributed by atoms with van der Waals surface area (Å²) in [6.07, 6.45) is 3.29. The van der Waals surface area contributed by atoms with E-state index in [1.54, 1.807) is 12.1 Å². The Morgan fingerprint density at radius 2 is 2.15 bits per heavy atom. The van der Waals surface area contributed by atoms with Crippen LogP contribution in [0.1, 0.15) is 41.6 Å². The Hall–Kier alpha value is -1.97. The second-order valence-electron chi connectivity index (χ2n) is 6.93. The van der Waals surface area contributed by atoms with Crippen molar-refractivity contribution in [1.29, 1.82) is 0 Å². The molecule has 1 aromatic rings. The molecule has 0 spiro atoms. The van der Waals surface area contributed by atoms with E-state index in [0.29, 0.717) is 31.5 Å². The van der Waals surface area contributed by atoms with E-state index in [2.05, 4.69) is 10.6 Å². The fourth-order valence-corrected chi connectivity index (χ4v) is 5.35. The topological polar surface area (TPSA) is 122 Å². The van der Waals surface area contributed by atoms with Crippen LogP contribution in [-0.2, 0) is 21.2 Å². The number of piperidine rings is 1. The number of amides is 2. The van der Waals surface area contributed by atoms with Gasteiger partial charge in [0.1, 0.15) is 0 Å². The van der Waals surface area contributed by atoms with E-state index in [-0.39, 0.29) is 42.3 Å². The molecule has 2 aliphatic heterocycles. The van der Waals surface area contributed by atoms with Crippen LogP contribution in [0.3, 0.4) is 0 Å². The number of nitrogens with zero attached hydrogens (tertiary/aromatic N) is 1. The molecule has 0 bridgehead atoms. The molecule has 1 unspecified atom stereocenters. The van der Waals surface area contributed by atoms with Gasteiger partial charge >= 0.3 is 0 Å². The highest BCUT2D eigenvalue weighted by atomic mass is 32.2. The van der Waals surface area contributed by atoms with Gasteiger partial charge in [0.25, 0.3) is 5.91 Å². The second kappa shape index (κ2) is 8.37. The number of benzene rings is 1. The molecule has 1 atom stereocenters. The molecule has 4 N–H and O–H groups in total. The zero-order valence-corrected chi connectivity index (χ0v) is 16.1. The lowest BCUT2D eigenvalue weighted by Gasteiger charge is -2.35. The molecule has 0 aliphatic carbocycles. The smallest absolute Gasteiger partial charge is 0.251 e. The zero-order valence-electron chi connectivity index (χ0n) is 15.2. The summed E-state index contributed by atoms with van der Waals surface area (Å²) in [5.74, 6) is -0.414. The molecule has 1 fully saturated rings. The van der Waals surface area contributed by atoms with Crippen molar-refractivity contribution < 1.29 is 18.0 Å². The first kappa shape index (κ1) is 19.8. The molecule has 9 heteroatoms. The number of sulfonamides is 1. The van der Waals surface area contributed by atoms with Crippen LogP contribution >= 0.6 is 0 Å². The van der Waals surface area contributed by atoms with Crippen LogP contribution in [0.4, 0.5) is 0 Å². The fraction of sp³-hybridized carbons (Fsp3) is 0.556. The number of nitrogens with two attached hydrogens (primary N) is 1. The summed E-state index contributed by atoms with van der Waals surface area (Å²) in [6, 6.07) is 4.47. The molecule has 0 radical (unpaired) electrons. The standard InChI is InChI=1S/C18H26N4O4S/c19-8-6-17(23)21-12-14-3-1-2-10-22(14)27(25,26)15-5-4-13-7-9-20-18(24)16(13)11-15/h4-5,11,14H,1-3,6-10,12,19H2,(H,20,24)(H,21,23). The van der Waals surface area contributed by atoms with Crippen LogP contribution in [-0.4, -0.2) is 56.8 Å². The molecular formula is C18H26N4O4S. The average molecular weight is 394 g/mol. The van der Waals surface area contributed by atoms with Crippen molar-refractivity contribution in [3.05, 3.63) is 29.3 Å². The Balaban J connectivity index is 1.82. The normalized spacial score (nSPS) is 20.6. The number of rotatable bonds is 6. The van der Waals surface area contributed by atoms with E-state index in [0.717, 1.165) is 18.4 Å². The Labute approximate surface area is 159 Å². The van der Waals surface area contributed by atoms with Crippen LogP contribution in [0.5, 0.6) is 0 Å². The van der Waals surface area contributed by atoms with E-state index in [4.69, 9.17) is 5.73 Å². The van der Waals surface area contributed by atoms with Crippen LogP contribution in [0, 0.1) is 0 Å². The quantitative estimate of drug-likeness (QED) is 0.626. The molecule has 2 amide bonds. The summed E-state index contributed by atoms with van der Waals surface area (Å²) in [5.41, 5.74) is 6.66. The van der Waals surface area contributed by atoms with Crippen molar-refractivity contribution in [3.63, 3.8) is 0 Å². The minimum absolute atomic E-state index is 0.124.